The van der Waals surface area contributed by atoms with Crippen LogP contribution in [0.2, 0.25) is 0 Å². The molecule has 1 aromatic heterocycles. The average Bonchev–Trinajstić information content (AvgIpc) is 3.24. The Morgan fingerprint density at radius 3 is 2.47 bits per heavy atom. The first-order valence-electron chi connectivity index (χ1n) is 12.4. The fourth-order valence-electron chi connectivity index (χ4n) is 3.92. The summed E-state index contributed by atoms with van der Waals surface area (Å²) < 4.78 is 13.3. The number of benzene rings is 2. The number of ether oxygens (including phenoxy) is 2. The van der Waals surface area contributed by atoms with Gasteiger partial charge in [0.1, 0.15) is 11.8 Å². The van der Waals surface area contributed by atoms with Crippen molar-refractivity contribution in [3.05, 3.63) is 77.0 Å². The summed E-state index contributed by atoms with van der Waals surface area (Å²) in [6.07, 6.45) is 0.763. The van der Waals surface area contributed by atoms with Crippen molar-refractivity contribution in [2.75, 3.05) is 11.9 Å². The standard InChI is InChI=1S/C28H34N4O3S/c1-18(2)15-16-34-23-13-11-22(12-14-23)25-24(26(33)35-19(3)4)20(5)29-27-30-28(31-32(25)27)36-17-21-9-7-6-8-10-21/h6-14,18-19,25H,15-17H2,1-5H3,(H,29,30,31). The molecule has 2 aromatic carbocycles. The number of hydrogen-bond acceptors (Lipinski definition) is 7. The third kappa shape index (κ3) is 6.29. The number of fused-ring (bicyclic) bond motifs is 1. The van der Waals surface area contributed by atoms with Crippen molar-refractivity contribution in [3.8, 4) is 5.75 Å². The van der Waals surface area contributed by atoms with Crippen molar-refractivity contribution in [3.63, 3.8) is 0 Å². The topological polar surface area (TPSA) is 78.3 Å². The maximum absolute atomic E-state index is 13.2. The SMILES string of the molecule is CC1=C(C(=O)OC(C)C)C(c2ccc(OCCC(C)C)cc2)n2nc(SCc3ccccc3)nc2N1. The van der Waals surface area contributed by atoms with Gasteiger partial charge in [0, 0.05) is 11.4 Å². The lowest BCUT2D eigenvalue weighted by Crippen LogP contribution is -2.30. The van der Waals surface area contributed by atoms with Crippen LogP contribution in [-0.4, -0.2) is 33.4 Å². The summed E-state index contributed by atoms with van der Waals surface area (Å²) >= 11 is 1.56. The molecule has 8 heteroatoms. The molecule has 0 bridgehead atoms. The molecule has 0 saturated carbocycles. The molecule has 1 unspecified atom stereocenters. The van der Waals surface area contributed by atoms with Gasteiger partial charge in [-0.2, -0.15) is 4.98 Å². The van der Waals surface area contributed by atoms with Gasteiger partial charge in [-0.15, -0.1) is 5.10 Å². The molecular weight excluding hydrogens is 472 g/mol. The van der Waals surface area contributed by atoms with Crippen molar-refractivity contribution >= 4 is 23.7 Å². The van der Waals surface area contributed by atoms with E-state index in [4.69, 9.17) is 19.6 Å². The molecule has 7 nitrogen and oxygen atoms in total. The lowest BCUT2D eigenvalue weighted by molar-refractivity contribution is -0.143. The monoisotopic (exact) mass is 506 g/mol. The van der Waals surface area contributed by atoms with E-state index in [0.29, 0.717) is 34.9 Å². The Morgan fingerprint density at radius 1 is 1.08 bits per heavy atom. The van der Waals surface area contributed by atoms with E-state index in [1.54, 1.807) is 16.4 Å². The van der Waals surface area contributed by atoms with Crippen LogP contribution in [0.1, 0.15) is 58.2 Å². The molecule has 36 heavy (non-hydrogen) atoms. The molecule has 0 aliphatic carbocycles. The molecule has 3 aromatic rings. The first-order valence-corrected chi connectivity index (χ1v) is 13.3. The molecular formula is C28H34N4O3S. The van der Waals surface area contributed by atoms with Crippen molar-refractivity contribution in [2.24, 2.45) is 5.92 Å². The highest BCUT2D eigenvalue weighted by Gasteiger charge is 2.35. The number of anilines is 1. The summed E-state index contributed by atoms with van der Waals surface area (Å²) in [4.78, 5) is 17.9. The molecule has 1 atom stereocenters. The van der Waals surface area contributed by atoms with Gasteiger partial charge in [0.05, 0.1) is 18.3 Å². The van der Waals surface area contributed by atoms with Gasteiger partial charge < -0.3 is 14.8 Å². The maximum Gasteiger partial charge on any atom is 0.338 e. The number of allylic oxidation sites excluding steroid dienone is 1. The van der Waals surface area contributed by atoms with E-state index in [9.17, 15) is 4.79 Å². The normalized spacial score (nSPS) is 15.1. The number of carbonyl (C=O) groups is 1. The Kier molecular flexibility index (Phi) is 8.36. The molecule has 190 valence electrons. The zero-order chi connectivity index (χ0) is 25.7. The third-order valence-electron chi connectivity index (χ3n) is 5.77. The molecule has 4 rings (SSSR count). The minimum atomic E-state index is -0.462. The summed E-state index contributed by atoms with van der Waals surface area (Å²) in [5, 5.41) is 8.70. The summed E-state index contributed by atoms with van der Waals surface area (Å²) in [6, 6.07) is 17.6. The van der Waals surface area contributed by atoms with Crippen LogP contribution in [0, 0.1) is 5.92 Å². The predicted octanol–water partition coefficient (Wildman–Crippen LogP) is 6.24. The van der Waals surface area contributed by atoms with E-state index in [-0.39, 0.29) is 12.1 Å². The zero-order valence-electron chi connectivity index (χ0n) is 21.5. The second kappa shape index (κ2) is 11.6. The third-order valence-corrected chi connectivity index (χ3v) is 6.68. The van der Waals surface area contributed by atoms with Gasteiger partial charge in [-0.25, -0.2) is 9.48 Å². The van der Waals surface area contributed by atoms with Crippen LogP contribution in [0.3, 0.4) is 0 Å². The largest absolute Gasteiger partial charge is 0.494 e. The Morgan fingerprint density at radius 2 is 1.81 bits per heavy atom. The van der Waals surface area contributed by atoms with Crippen molar-refractivity contribution < 1.29 is 14.3 Å². The Labute approximate surface area is 217 Å². The molecule has 1 aliphatic heterocycles. The fraction of sp³-hybridized carbons (Fsp3) is 0.393. The van der Waals surface area contributed by atoms with Gasteiger partial charge in [-0.05, 0) is 56.4 Å². The van der Waals surface area contributed by atoms with Gasteiger partial charge in [-0.3, -0.25) is 0 Å². The molecule has 1 N–H and O–H groups in total. The zero-order valence-corrected chi connectivity index (χ0v) is 22.3. The number of rotatable bonds is 10. The minimum absolute atomic E-state index is 0.232. The number of nitrogens with zero attached hydrogens (tertiary/aromatic N) is 3. The number of carbonyl (C=O) groups excluding carboxylic acids is 1. The maximum atomic E-state index is 13.2. The number of hydrogen-bond donors (Lipinski definition) is 1. The average molecular weight is 507 g/mol. The van der Waals surface area contributed by atoms with Crippen LogP contribution in [-0.2, 0) is 15.3 Å². The number of nitrogens with one attached hydrogen (secondary N) is 1. The van der Waals surface area contributed by atoms with Crippen molar-refractivity contribution in [2.45, 2.75) is 64.1 Å². The summed E-state index contributed by atoms with van der Waals surface area (Å²) in [7, 11) is 0. The van der Waals surface area contributed by atoms with E-state index in [2.05, 4.69) is 31.3 Å². The molecule has 0 fully saturated rings. The van der Waals surface area contributed by atoms with Gasteiger partial charge in [0.2, 0.25) is 11.1 Å². The van der Waals surface area contributed by atoms with E-state index < -0.39 is 6.04 Å². The smallest absolute Gasteiger partial charge is 0.338 e. The first-order chi connectivity index (χ1) is 17.3. The van der Waals surface area contributed by atoms with Crippen LogP contribution >= 0.6 is 11.8 Å². The van der Waals surface area contributed by atoms with Crippen molar-refractivity contribution in [1.29, 1.82) is 0 Å². The van der Waals surface area contributed by atoms with Gasteiger partial charge in [0.25, 0.3) is 0 Å². The molecule has 0 radical (unpaired) electrons. The fourth-order valence-corrected chi connectivity index (χ4v) is 4.71. The number of thioether (sulfide) groups is 1. The molecule has 0 spiro atoms. The highest BCUT2D eigenvalue weighted by atomic mass is 32.2. The van der Waals surface area contributed by atoms with Crippen LogP contribution in [0.25, 0.3) is 0 Å². The Balaban J connectivity index is 1.63. The second-order valence-electron chi connectivity index (χ2n) is 9.56. The Bertz CT molecular complexity index is 1200. The highest BCUT2D eigenvalue weighted by Crippen LogP contribution is 2.37. The summed E-state index contributed by atoms with van der Waals surface area (Å²) in [6.45, 7) is 10.6. The Hall–Kier alpha value is -3.26. The van der Waals surface area contributed by atoms with Crippen molar-refractivity contribution in [1.82, 2.24) is 14.8 Å². The molecule has 0 saturated heterocycles. The van der Waals surface area contributed by atoms with Crippen LogP contribution in [0.5, 0.6) is 5.75 Å². The number of aromatic nitrogens is 3. The second-order valence-corrected chi connectivity index (χ2v) is 10.5. The molecule has 1 aliphatic rings. The minimum Gasteiger partial charge on any atom is -0.494 e. The van der Waals surface area contributed by atoms with E-state index in [1.807, 2.05) is 63.2 Å². The van der Waals surface area contributed by atoms with Crippen LogP contribution in [0.4, 0.5) is 5.95 Å². The van der Waals surface area contributed by atoms with E-state index in [1.165, 1.54) is 5.56 Å². The lowest BCUT2D eigenvalue weighted by atomic mass is 9.95. The molecule has 0 amide bonds. The first kappa shape index (κ1) is 25.8. The van der Waals surface area contributed by atoms with Gasteiger partial charge in [0.15, 0.2) is 0 Å². The van der Waals surface area contributed by atoms with Gasteiger partial charge >= 0.3 is 5.97 Å². The summed E-state index contributed by atoms with van der Waals surface area (Å²) in [5.74, 6) is 2.38. The van der Waals surface area contributed by atoms with Crippen LogP contribution < -0.4 is 10.1 Å². The van der Waals surface area contributed by atoms with E-state index in [0.717, 1.165) is 23.5 Å². The predicted molar refractivity (Wildman–Crippen MR) is 143 cm³/mol. The highest BCUT2D eigenvalue weighted by molar-refractivity contribution is 7.98. The quantitative estimate of drug-likeness (QED) is 0.258. The van der Waals surface area contributed by atoms with E-state index >= 15 is 0 Å². The van der Waals surface area contributed by atoms with Gasteiger partial charge in [-0.1, -0.05) is 68.1 Å². The lowest BCUT2D eigenvalue weighted by Gasteiger charge is -2.28. The summed E-state index contributed by atoms with van der Waals surface area (Å²) in [5.41, 5.74) is 3.34. The van der Waals surface area contributed by atoms with Crippen LogP contribution in [0.15, 0.2) is 71.0 Å². The number of esters is 1. The molecule has 2 heterocycles.